The summed E-state index contributed by atoms with van der Waals surface area (Å²) in [5.41, 5.74) is -0.202. The SMILES string of the molecule is O=C1CCCCCO1.O=C=NC(N=C=O)(c1ccccc1)c1ccccc1. The number of carbonyl (C=O) groups excluding carboxylic acids is 3. The van der Waals surface area contributed by atoms with Gasteiger partial charge < -0.3 is 4.74 Å². The number of ether oxygens (including phenoxy) is 1. The van der Waals surface area contributed by atoms with E-state index in [-0.39, 0.29) is 5.97 Å². The number of benzene rings is 2. The number of hydrogen-bond acceptors (Lipinski definition) is 6. The van der Waals surface area contributed by atoms with Gasteiger partial charge in [-0.05, 0) is 19.3 Å². The highest BCUT2D eigenvalue weighted by atomic mass is 16.5. The Kier molecular flexibility index (Phi) is 7.86. The Hall–Kier alpha value is -3.33. The van der Waals surface area contributed by atoms with Gasteiger partial charge >= 0.3 is 5.97 Å². The van der Waals surface area contributed by atoms with Gasteiger partial charge in [-0.25, -0.2) is 9.59 Å². The van der Waals surface area contributed by atoms with Gasteiger partial charge in [0.2, 0.25) is 17.8 Å². The molecular formula is C21H20N2O4. The average Bonchev–Trinajstić information content (AvgIpc) is 2.97. The van der Waals surface area contributed by atoms with E-state index in [2.05, 4.69) is 9.98 Å². The first-order chi connectivity index (χ1) is 13.2. The van der Waals surface area contributed by atoms with Crippen molar-refractivity contribution in [3.8, 4) is 0 Å². The lowest BCUT2D eigenvalue weighted by Gasteiger charge is -2.22. The van der Waals surface area contributed by atoms with Gasteiger partial charge in [-0.1, -0.05) is 60.7 Å². The van der Waals surface area contributed by atoms with Gasteiger partial charge in [0.25, 0.3) is 0 Å². The molecule has 3 rings (SSSR count). The quantitative estimate of drug-likeness (QED) is 0.471. The Morgan fingerprint density at radius 1 is 0.778 bits per heavy atom. The minimum Gasteiger partial charge on any atom is -0.466 e. The standard InChI is InChI=1S/C15H10N2O2.C6H10O2/c18-11-16-15(17-12-19,13-7-3-1-4-8-13)14-9-5-2-6-10-14;7-6-4-2-1-3-5-8-6/h1-10H;1-5H2. The van der Waals surface area contributed by atoms with E-state index in [0.717, 1.165) is 19.3 Å². The second-order valence-electron chi connectivity index (χ2n) is 5.84. The molecule has 0 aliphatic carbocycles. The molecule has 0 spiro atoms. The second-order valence-corrected chi connectivity index (χ2v) is 5.84. The Bertz CT molecular complexity index is 754. The molecule has 1 aliphatic rings. The first kappa shape index (κ1) is 20.0. The topological polar surface area (TPSA) is 85.2 Å². The van der Waals surface area contributed by atoms with Crippen molar-refractivity contribution in [1.29, 1.82) is 0 Å². The third-order valence-electron chi connectivity index (χ3n) is 4.06. The molecule has 0 amide bonds. The Morgan fingerprint density at radius 3 is 1.78 bits per heavy atom. The lowest BCUT2D eigenvalue weighted by molar-refractivity contribution is -0.142. The first-order valence-electron chi connectivity index (χ1n) is 8.67. The number of esters is 1. The number of aliphatic imine (C=N–C) groups is 2. The number of carbonyl (C=O) groups is 1. The maximum absolute atomic E-state index is 10.8. The molecule has 0 saturated carbocycles. The number of rotatable bonds is 4. The number of isocyanates is 2. The summed E-state index contributed by atoms with van der Waals surface area (Å²) >= 11 is 0. The maximum atomic E-state index is 10.8. The van der Waals surface area contributed by atoms with Crippen LogP contribution in [-0.2, 0) is 24.8 Å². The van der Waals surface area contributed by atoms with Crippen molar-refractivity contribution in [1.82, 2.24) is 0 Å². The van der Waals surface area contributed by atoms with Crippen LogP contribution in [0.25, 0.3) is 0 Å². The average molecular weight is 364 g/mol. The Balaban J connectivity index is 0.000000273. The normalized spacial score (nSPS) is 13.6. The van der Waals surface area contributed by atoms with E-state index in [9.17, 15) is 14.4 Å². The van der Waals surface area contributed by atoms with Crippen molar-refractivity contribution in [3.63, 3.8) is 0 Å². The van der Waals surface area contributed by atoms with Crippen LogP contribution in [0.1, 0.15) is 36.8 Å². The third kappa shape index (κ3) is 5.58. The Morgan fingerprint density at radius 2 is 1.30 bits per heavy atom. The van der Waals surface area contributed by atoms with E-state index >= 15 is 0 Å². The molecule has 0 bridgehead atoms. The molecule has 0 unspecified atom stereocenters. The molecule has 6 nitrogen and oxygen atoms in total. The summed E-state index contributed by atoms with van der Waals surface area (Å²) in [6.07, 6.45) is 6.82. The van der Waals surface area contributed by atoms with Crippen LogP contribution in [0.2, 0.25) is 0 Å². The fourth-order valence-corrected chi connectivity index (χ4v) is 2.73. The summed E-state index contributed by atoms with van der Waals surface area (Å²) in [5, 5.41) is 0. The van der Waals surface area contributed by atoms with Crippen LogP contribution in [0, 0.1) is 0 Å². The predicted octanol–water partition coefficient (Wildman–Crippen LogP) is 3.66. The lowest BCUT2D eigenvalue weighted by Crippen LogP contribution is -2.22. The van der Waals surface area contributed by atoms with Gasteiger partial charge in [-0.2, -0.15) is 9.98 Å². The van der Waals surface area contributed by atoms with Gasteiger partial charge in [0.05, 0.1) is 6.61 Å². The van der Waals surface area contributed by atoms with E-state index < -0.39 is 5.66 Å². The molecule has 1 heterocycles. The highest BCUT2D eigenvalue weighted by molar-refractivity contribution is 5.69. The lowest BCUT2D eigenvalue weighted by atomic mass is 9.92. The summed E-state index contributed by atoms with van der Waals surface area (Å²) in [7, 11) is 0. The summed E-state index contributed by atoms with van der Waals surface area (Å²) in [4.78, 5) is 39.5. The molecule has 1 aliphatic heterocycles. The zero-order valence-electron chi connectivity index (χ0n) is 14.8. The first-order valence-corrected chi connectivity index (χ1v) is 8.67. The smallest absolute Gasteiger partial charge is 0.305 e. The van der Waals surface area contributed by atoms with E-state index in [1.165, 1.54) is 12.2 Å². The van der Waals surface area contributed by atoms with Crippen LogP contribution in [-0.4, -0.2) is 24.7 Å². The summed E-state index contributed by atoms with van der Waals surface area (Å²) in [5.74, 6) is -0.0255. The van der Waals surface area contributed by atoms with Crippen molar-refractivity contribution in [2.75, 3.05) is 6.61 Å². The third-order valence-corrected chi connectivity index (χ3v) is 4.06. The van der Waals surface area contributed by atoms with E-state index in [0.29, 0.717) is 24.2 Å². The maximum Gasteiger partial charge on any atom is 0.305 e. The van der Waals surface area contributed by atoms with Gasteiger partial charge in [-0.3, -0.25) is 4.79 Å². The van der Waals surface area contributed by atoms with Gasteiger partial charge in [0.15, 0.2) is 0 Å². The van der Waals surface area contributed by atoms with Crippen LogP contribution in [0.4, 0.5) is 0 Å². The zero-order valence-corrected chi connectivity index (χ0v) is 14.8. The van der Waals surface area contributed by atoms with E-state index in [1.807, 2.05) is 12.1 Å². The summed E-state index contributed by atoms with van der Waals surface area (Å²) in [6, 6.07) is 17.8. The minimum absolute atomic E-state index is 0.0255. The minimum atomic E-state index is -1.41. The largest absolute Gasteiger partial charge is 0.466 e. The van der Waals surface area contributed by atoms with Crippen molar-refractivity contribution >= 4 is 18.1 Å². The number of cyclic esters (lactones) is 1. The van der Waals surface area contributed by atoms with Crippen molar-refractivity contribution in [2.24, 2.45) is 9.98 Å². The van der Waals surface area contributed by atoms with E-state index in [4.69, 9.17) is 4.74 Å². The van der Waals surface area contributed by atoms with Crippen molar-refractivity contribution < 1.29 is 19.1 Å². The molecule has 2 aromatic rings. The molecule has 27 heavy (non-hydrogen) atoms. The second kappa shape index (κ2) is 10.6. The molecular weight excluding hydrogens is 344 g/mol. The number of nitrogens with zero attached hydrogens (tertiary/aromatic N) is 2. The van der Waals surface area contributed by atoms with Crippen LogP contribution < -0.4 is 0 Å². The Labute approximate surface area is 157 Å². The molecule has 0 radical (unpaired) electrons. The van der Waals surface area contributed by atoms with Crippen LogP contribution in [0.3, 0.4) is 0 Å². The predicted molar refractivity (Wildman–Crippen MR) is 99.3 cm³/mol. The molecule has 2 aromatic carbocycles. The van der Waals surface area contributed by atoms with Crippen LogP contribution in [0.15, 0.2) is 70.6 Å². The van der Waals surface area contributed by atoms with Crippen LogP contribution in [0.5, 0.6) is 0 Å². The molecule has 1 saturated heterocycles. The zero-order chi connectivity index (χ0) is 19.4. The highest BCUT2D eigenvalue weighted by Gasteiger charge is 2.33. The van der Waals surface area contributed by atoms with Crippen LogP contribution >= 0.6 is 0 Å². The highest BCUT2D eigenvalue weighted by Crippen LogP contribution is 2.34. The number of hydrogen-bond donors (Lipinski definition) is 0. The van der Waals surface area contributed by atoms with Crippen molar-refractivity contribution in [2.45, 2.75) is 31.3 Å². The molecule has 1 fully saturated rings. The van der Waals surface area contributed by atoms with Gasteiger partial charge in [0.1, 0.15) is 0 Å². The van der Waals surface area contributed by atoms with E-state index in [1.54, 1.807) is 48.5 Å². The molecule has 138 valence electrons. The summed E-state index contributed by atoms with van der Waals surface area (Å²) < 4.78 is 4.76. The van der Waals surface area contributed by atoms with Gasteiger partial charge in [0, 0.05) is 17.5 Å². The van der Waals surface area contributed by atoms with Gasteiger partial charge in [-0.15, -0.1) is 0 Å². The molecule has 0 N–H and O–H groups in total. The summed E-state index contributed by atoms with van der Waals surface area (Å²) in [6.45, 7) is 0.638. The molecule has 6 heteroatoms. The monoisotopic (exact) mass is 364 g/mol. The van der Waals surface area contributed by atoms with Crippen molar-refractivity contribution in [3.05, 3.63) is 71.8 Å². The molecule has 0 atom stereocenters. The fraction of sp³-hybridized carbons (Fsp3) is 0.286. The molecule has 0 aromatic heterocycles. The fourth-order valence-electron chi connectivity index (χ4n) is 2.73.